The number of amides is 2. The third-order valence-electron chi connectivity index (χ3n) is 6.10. The van der Waals surface area contributed by atoms with Gasteiger partial charge in [0.15, 0.2) is 0 Å². The second-order valence-corrected chi connectivity index (χ2v) is 11.3. The molecule has 12 heteroatoms. The molecule has 3 aromatic rings. The van der Waals surface area contributed by atoms with Crippen LogP contribution in [0.3, 0.4) is 0 Å². The number of nitrogens with one attached hydrogen (secondary N) is 2. The predicted octanol–water partition coefficient (Wildman–Crippen LogP) is 4.97. The van der Waals surface area contributed by atoms with E-state index >= 15 is 0 Å². The van der Waals surface area contributed by atoms with E-state index in [-0.39, 0.29) is 24.7 Å². The summed E-state index contributed by atoms with van der Waals surface area (Å²) in [5, 5.41) is 25.0. The lowest BCUT2D eigenvalue weighted by atomic mass is 9.94. The molecule has 206 valence electrons. The Kier molecular flexibility index (Phi) is 10.1. The Labute approximate surface area is 235 Å². The highest BCUT2D eigenvalue weighted by Gasteiger charge is 2.17. The van der Waals surface area contributed by atoms with Gasteiger partial charge in [0.1, 0.15) is 15.8 Å². The van der Waals surface area contributed by atoms with Crippen LogP contribution in [0.4, 0.5) is 10.3 Å². The molecule has 1 unspecified atom stereocenters. The lowest BCUT2D eigenvalue weighted by molar-refractivity contribution is -0.116. The SMILES string of the molecule is COC1=CC(CC(=O)Nc2nnc(CCCCc3nnc(NC(=O)Cc4cccc(OC)c4)s3)s2)=CCC1C. The van der Waals surface area contributed by atoms with Crippen LogP contribution < -0.4 is 15.4 Å². The first-order valence-corrected chi connectivity index (χ1v) is 14.4. The highest BCUT2D eigenvalue weighted by Crippen LogP contribution is 2.26. The number of benzene rings is 1. The van der Waals surface area contributed by atoms with Crippen molar-refractivity contribution in [2.24, 2.45) is 5.92 Å². The monoisotopic (exact) mass is 568 g/mol. The van der Waals surface area contributed by atoms with Gasteiger partial charge in [-0.15, -0.1) is 20.4 Å². The minimum absolute atomic E-state index is 0.118. The highest BCUT2D eigenvalue weighted by atomic mass is 32.1. The van der Waals surface area contributed by atoms with Gasteiger partial charge in [0.25, 0.3) is 0 Å². The average molecular weight is 569 g/mol. The Morgan fingerprint density at radius 3 is 2.18 bits per heavy atom. The van der Waals surface area contributed by atoms with Gasteiger partial charge in [0.05, 0.1) is 32.8 Å². The van der Waals surface area contributed by atoms with Gasteiger partial charge in [-0.1, -0.05) is 47.8 Å². The summed E-state index contributed by atoms with van der Waals surface area (Å²) in [5.74, 6) is 1.68. The van der Waals surface area contributed by atoms with Gasteiger partial charge in [0, 0.05) is 18.8 Å². The first kappa shape index (κ1) is 28.4. The van der Waals surface area contributed by atoms with Crippen LogP contribution in [0.1, 0.15) is 48.2 Å². The fourth-order valence-corrected chi connectivity index (χ4v) is 5.65. The van der Waals surface area contributed by atoms with Gasteiger partial charge in [0.2, 0.25) is 22.1 Å². The average Bonchev–Trinajstić information content (AvgIpc) is 3.56. The maximum absolute atomic E-state index is 12.4. The van der Waals surface area contributed by atoms with E-state index in [1.54, 1.807) is 14.2 Å². The summed E-state index contributed by atoms with van der Waals surface area (Å²) in [5.41, 5.74) is 1.81. The number of methoxy groups -OCH3 is 2. The van der Waals surface area contributed by atoms with Gasteiger partial charge < -0.3 is 20.1 Å². The Morgan fingerprint density at radius 2 is 1.56 bits per heavy atom. The standard InChI is InChI=1S/C27H32N6O4S2/c1-17-11-12-19(14-21(17)37-3)16-23(35)29-27-33-31-25(39-27)10-5-4-9-24-30-32-26(38-24)28-22(34)15-18-7-6-8-20(13-18)36-2/h6-8,12-14,17H,4-5,9-11,15-16H2,1-3H3,(H,28,32,34)(H,29,33,35). The molecule has 2 aromatic heterocycles. The summed E-state index contributed by atoms with van der Waals surface area (Å²) in [4.78, 5) is 24.8. The van der Waals surface area contributed by atoms with Gasteiger partial charge in [-0.05, 0) is 48.6 Å². The number of carbonyl (C=O) groups excluding carboxylic acids is 2. The molecule has 0 fully saturated rings. The molecule has 0 saturated carbocycles. The van der Waals surface area contributed by atoms with Gasteiger partial charge in [-0.3, -0.25) is 9.59 Å². The summed E-state index contributed by atoms with van der Waals surface area (Å²) in [6, 6.07) is 7.42. The molecule has 39 heavy (non-hydrogen) atoms. The molecule has 1 atom stereocenters. The van der Waals surface area contributed by atoms with Crippen LogP contribution >= 0.6 is 22.7 Å². The van der Waals surface area contributed by atoms with Gasteiger partial charge >= 0.3 is 0 Å². The van der Waals surface area contributed by atoms with E-state index in [1.165, 1.54) is 22.7 Å². The number of aryl methyl sites for hydroxylation is 2. The molecule has 10 nitrogen and oxygen atoms in total. The summed E-state index contributed by atoms with van der Waals surface area (Å²) < 4.78 is 10.6. The van der Waals surface area contributed by atoms with Crippen LogP contribution in [0.5, 0.6) is 5.75 Å². The number of allylic oxidation sites excluding steroid dienone is 3. The zero-order valence-corrected chi connectivity index (χ0v) is 23.9. The van der Waals surface area contributed by atoms with Crippen molar-refractivity contribution in [3.63, 3.8) is 0 Å². The van der Waals surface area contributed by atoms with Gasteiger partial charge in [-0.2, -0.15) is 0 Å². The van der Waals surface area contributed by atoms with E-state index in [9.17, 15) is 9.59 Å². The minimum atomic E-state index is -0.147. The van der Waals surface area contributed by atoms with E-state index in [4.69, 9.17) is 9.47 Å². The maximum atomic E-state index is 12.4. The first-order chi connectivity index (χ1) is 18.9. The normalized spacial score (nSPS) is 14.8. The van der Waals surface area contributed by atoms with Crippen molar-refractivity contribution in [2.75, 3.05) is 24.9 Å². The second-order valence-electron chi connectivity index (χ2n) is 9.18. The van der Waals surface area contributed by atoms with Crippen LogP contribution in [0.2, 0.25) is 0 Å². The first-order valence-electron chi connectivity index (χ1n) is 12.7. The summed E-state index contributed by atoms with van der Waals surface area (Å²) in [6.45, 7) is 2.10. The smallest absolute Gasteiger partial charge is 0.230 e. The van der Waals surface area contributed by atoms with Crippen LogP contribution in [0, 0.1) is 5.92 Å². The minimum Gasteiger partial charge on any atom is -0.501 e. The summed E-state index contributed by atoms with van der Waals surface area (Å²) in [6.07, 6.45) is 8.72. The highest BCUT2D eigenvalue weighted by molar-refractivity contribution is 7.15. The van der Waals surface area contributed by atoms with Crippen molar-refractivity contribution < 1.29 is 19.1 Å². The number of ether oxygens (including phenoxy) is 2. The van der Waals surface area contributed by atoms with Crippen LogP contribution in [0.15, 0.2) is 47.7 Å². The predicted molar refractivity (Wildman–Crippen MR) is 152 cm³/mol. The largest absolute Gasteiger partial charge is 0.501 e. The fourth-order valence-electron chi connectivity index (χ4n) is 4.05. The lowest BCUT2D eigenvalue weighted by Gasteiger charge is -2.18. The summed E-state index contributed by atoms with van der Waals surface area (Å²) in [7, 11) is 3.26. The maximum Gasteiger partial charge on any atom is 0.230 e. The number of anilines is 2. The molecule has 1 aromatic carbocycles. The molecule has 1 aliphatic carbocycles. The second kappa shape index (κ2) is 13.9. The van der Waals surface area contributed by atoms with Crippen LogP contribution in [0.25, 0.3) is 0 Å². The number of unbranched alkanes of at least 4 members (excludes halogenated alkanes) is 1. The van der Waals surface area contributed by atoms with Crippen molar-refractivity contribution in [1.82, 2.24) is 20.4 Å². The third kappa shape index (κ3) is 8.69. The number of hydrogen-bond donors (Lipinski definition) is 2. The van der Waals surface area contributed by atoms with E-state index in [0.29, 0.717) is 21.9 Å². The van der Waals surface area contributed by atoms with E-state index < -0.39 is 0 Å². The quantitative estimate of drug-likeness (QED) is 0.277. The molecular formula is C27H32N6O4S2. The molecule has 0 saturated heterocycles. The van der Waals surface area contributed by atoms with Crippen molar-refractivity contribution in [3.05, 3.63) is 63.3 Å². The molecule has 4 rings (SSSR count). The lowest BCUT2D eigenvalue weighted by Crippen LogP contribution is -2.14. The van der Waals surface area contributed by atoms with Crippen molar-refractivity contribution in [1.29, 1.82) is 0 Å². The number of aromatic nitrogens is 4. The fraction of sp³-hybridized carbons (Fsp3) is 0.407. The molecular weight excluding hydrogens is 536 g/mol. The van der Waals surface area contributed by atoms with Crippen molar-refractivity contribution in [2.45, 2.75) is 51.9 Å². The Morgan fingerprint density at radius 1 is 0.923 bits per heavy atom. The molecule has 2 amide bonds. The molecule has 0 bridgehead atoms. The van der Waals surface area contributed by atoms with E-state index in [2.05, 4.69) is 44.0 Å². The van der Waals surface area contributed by atoms with E-state index in [1.807, 2.05) is 30.3 Å². The van der Waals surface area contributed by atoms with Crippen LogP contribution in [-0.2, 0) is 33.6 Å². The molecule has 0 spiro atoms. The number of carbonyl (C=O) groups is 2. The molecule has 1 aliphatic rings. The Bertz CT molecular complexity index is 1350. The van der Waals surface area contributed by atoms with E-state index in [0.717, 1.165) is 59.0 Å². The molecule has 0 aliphatic heterocycles. The van der Waals surface area contributed by atoms with Gasteiger partial charge in [-0.25, -0.2) is 0 Å². The third-order valence-corrected chi connectivity index (χ3v) is 7.90. The van der Waals surface area contributed by atoms with Crippen LogP contribution in [-0.4, -0.2) is 46.4 Å². The summed E-state index contributed by atoms with van der Waals surface area (Å²) >= 11 is 2.78. The Balaban J connectivity index is 1.15. The molecule has 2 N–H and O–H groups in total. The Hall–Kier alpha value is -3.64. The number of rotatable bonds is 13. The zero-order valence-electron chi connectivity index (χ0n) is 22.2. The molecule has 0 radical (unpaired) electrons. The number of nitrogens with zero attached hydrogens (tertiary/aromatic N) is 4. The van der Waals surface area contributed by atoms with Crippen molar-refractivity contribution in [3.8, 4) is 5.75 Å². The topological polar surface area (TPSA) is 128 Å². The molecule has 2 heterocycles. The zero-order chi connectivity index (χ0) is 27.6. The van der Waals surface area contributed by atoms with Crippen molar-refractivity contribution >= 4 is 44.8 Å². The number of hydrogen-bond acceptors (Lipinski definition) is 10.